The van der Waals surface area contributed by atoms with E-state index < -0.39 is 0 Å². The predicted octanol–water partition coefficient (Wildman–Crippen LogP) is 1.44. The van der Waals surface area contributed by atoms with Crippen LogP contribution in [0.2, 0.25) is 0 Å². The van der Waals surface area contributed by atoms with Crippen LogP contribution in [0.4, 0.5) is 0 Å². The Morgan fingerprint density at radius 3 is 2.62 bits per heavy atom. The molecule has 0 aromatic heterocycles. The van der Waals surface area contributed by atoms with Gasteiger partial charge in [-0.3, -0.25) is 9.80 Å². The van der Waals surface area contributed by atoms with Crippen molar-refractivity contribution in [3.63, 3.8) is 0 Å². The van der Waals surface area contributed by atoms with Gasteiger partial charge in [-0.2, -0.15) is 0 Å². The van der Waals surface area contributed by atoms with Crippen LogP contribution >= 0.6 is 0 Å². The molecule has 4 nitrogen and oxygen atoms in total. The fraction of sp³-hybridized carbons (Fsp3) is 1.00. The summed E-state index contributed by atoms with van der Waals surface area (Å²) in [5.41, 5.74) is 0.00636. The van der Waals surface area contributed by atoms with Crippen LogP contribution in [-0.2, 0) is 0 Å². The molecule has 0 amide bonds. The van der Waals surface area contributed by atoms with Crippen molar-refractivity contribution in [2.24, 2.45) is 0 Å². The van der Waals surface area contributed by atoms with Gasteiger partial charge in [-0.05, 0) is 64.6 Å². The first kappa shape index (κ1) is 15.7. The predicted molar refractivity (Wildman–Crippen MR) is 86.5 cm³/mol. The number of likely N-dealkylation sites (tertiary alicyclic amines) is 2. The molecule has 0 aromatic carbocycles. The topological polar surface area (TPSA) is 38.7 Å². The minimum atomic E-state index is 0.00636. The lowest BCUT2D eigenvalue weighted by atomic mass is 9.98. The smallest absolute Gasteiger partial charge is 0.0613 e. The van der Waals surface area contributed by atoms with E-state index in [0.717, 1.165) is 31.8 Å². The molecule has 2 N–H and O–H groups in total. The maximum Gasteiger partial charge on any atom is 0.0613 e. The lowest BCUT2D eigenvalue weighted by molar-refractivity contribution is 0.146. The van der Waals surface area contributed by atoms with Crippen molar-refractivity contribution < 1.29 is 5.11 Å². The van der Waals surface area contributed by atoms with E-state index in [1.807, 2.05) is 0 Å². The molecule has 3 atom stereocenters. The summed E-state index contributed by atoms with van der Waals surface area (Å²) in [5, 5.41) is 13.5. The SMILES string of the molecule is CCCNC1(CO)CCC(N2CCC(N3CCCC3)C2)C1. The van der Waals surface area contributed by atoms with Gasteiger partial charge in [0.2, 0.25) is 0 Å². The highest BCUT2D eigenvalue weighted by molar-refractivity contribution is 5.01. The van der Waals surface area contributed by atoms with Crippen LogP contribution in [0.25, 0.3) is 0 Å². The Morgan fingerprint density at radius 2 is 1.90 bits per heavy atom. The summed E-state index contributed by atoms with van der Waals surface area (Å²) in [5.74, 6) is 0. The van der Waals surface area contributed by atoms with Gasteiger partial charge >= 0.3 is 0 Å². The summed E-state index contributed by atoms with van der Waals surface area (Å²) in [7, 11) is 0. The van der Waals surface area contributed by atoms with Crippen LogP contribution in [0.5, 0.6) is 0 Å². The number of aliphatic hydroxyl groups excluding tert-OH is 1. The molecule has 2 aliphatic heterocycles. The third-order valence-electron chi connectivity index (χ3n) is 6.00. The van der Waals surface area contributed by atoms with Crippen molar-refractivity contribution >= 4 is 0 Å². The summed E-state index contributed by atoms with van der Waals surface area (Å²) >= 11 is 0. The molecule has 0 aromatic rings. The Bertz CT molecular complexity index is 332. The van der Waals surface area contributed by atoms with E-state index in [1.54, 1.807) is 0 Å². The van der Waals surface area contributed by atoms with E-state index in [9.17, 15) is 5.11 Å². The zero-order chi connectivity index (χ0) is 14.7. The zero-order valence-corrected chi connectivity index (χ0v) is 13.7. The second-order valence-electron chi connectivity index (χ2n) is 7.44. The standard InChI is InChI=1S/C17H33N3O/c1-2-8-18-17(14-21)7-5-15(12-17)20-11-6-16(13-20)19-9-3-4-10-19/h15-16,18,21H,2-14H2,1H3. The van der Waals surface area contributed by atoms with Crippen LogP contribution in [0.3, 0.4) is 0 Å². The van der Waals surface area contributed by atoms with E-state index in [0.29, 0.717) is 12.6 Å². The molecule has 4 heteroatoms. The Morgan fingerprint density at radius 1 is 1.10 bits per heavy atom. The molecule has 21 heavy (non-hydrogen) atoms. The molecule has 0 radical (unpaired) electrons. The summed E-state index contributed by atoms with van der Waals surface area (Å²) in [6, 6.07) is 1.49. The molecule has 1 saturated carbocycles. The Labute approximate surface area is 129 Å². The van der Waals surface area contributed by atoms with E-state index >= 15 is 0 Å². The van der Waals surface area contributed by atoms with Crippen molar-refractivity contribution in [2.75, 3.05) is 39.3 Å². The Balaban J connectivity index is 1.51. The molecule has 3 aliphatic rings. The normalized spacial score (nSPS) is 38.6. The van der Waals surface area contributed by atoms with Gasteiger partial charge in [0.1, 0.15) is 0 Å². The summed E-state index contributed by atoms with van der Waals surface area (Å²) in [4.78, 5) is 5.43. The second-order valence-corrected chi connectivity index (χ2v) is 7.44. The van der Waals surface area contributed by atoms with E-state index in [-0.39, 0.29) is 5.54 Å². The first-order chi connectivity index (χ1) is 10.3. The lowest BCUT2D eigenvalue weighted by Gasteiger charge is -2.31. The minimum absolute atomic E-state index is 0.00636. The van der Waals surface area contributed by atoms with Crippen LogP contribution in [0.15, 0.2) is 0 Å². The second kappa shape index (κ2) is 6.95. The number of hydrogen-bond acceptors (Lipinski definition) is 4. The average molecular weight is 295 g/mol. The van der Waals surface area contributed by atoms with Gasteiger partial charge in [-0.25, -0.2) is 0 Å². The monoisotopic (exact) mass is 295 g/mol. The molecule has 3 unspecified atom stereocenters. The highest BCUT2D eigenvalue weighted by Crippen LogP contribution is 2.35. The van der Waals surface area contributed by atoms with Gasteiger partial charge in [-0.15, -0.1) is 0 Å². The number of rotatable bonds is 6. The molecule has 3 rings (SSSR count). The third-order valence-corrected chi connectivity index (χ3v) is 6.00. The summed E-state index contributed by atoms with van der Waals surface area (Å²) < 4.78 is 0. The van der Waals surface area contributed by atoms with E-state index in [1.165, 1.54) is 51.9 Å². The van der Waals surface area contributed by atoms with Crippen LogP contribution in [0.1, 0.15) is 51.9 Å². The summed E-state index contributed by atoms with van der Waals surface area (Å²) in [6.07, 6.45) is 8.82. The van der Waals surface area contributed by atoms with Gasteiger partial charge in [0.15, 0.2) is 0 Å². The van der Waals surface area contributed by atoms with Gasteiger partial charge in [-0.1, -0.05) is 6.92 Å². The van der Waals surface area contributed by atoms with Gasteiger partial charge in [0, 0.05) is 30.7 Å². The first-order valence-electron chi connectivity index (χ1n) is 9.10. The zero-order valence-electron chi connectivity index (χ0n) is 13.7. The number of hydrogen-bond donors (Lipinski definition) is 2. The van der Waals surface area contributed by atoms with Gasteiger partial charge in [0.05, 0.1) is 6.61 Å². The number of aliphatic hydroxyl groups is 1. The fourth-order valence-corrected chi connectivity index (χ4v) is 4.66. The quantitative estimate of drug-likeness (QED) is 0.778. The molecule has 0 bridgehead atoms. The van der Waals surface area contributed by atoms with Crippen LogP contribution in [-0.4, -0.2) is 71.9 Å². The van der Waals surface area contributed by atoms with E-state index in [4.69, 9.17) is 0 Å². The van der Waals surface area contributed by atoms with E-state index in [2.05, 4.69) is 22.0 Å². The van der Waals surface area contributed by atoms with Crippen molar-refractivity contribution in [2.45, 2.75) is 69.5 Å². The molecule has 3 fully saturated rings. The highest BCUT2D eigenvalue weighted by atomic mass is 16.3. The molecule has 1 aliphatic carbocycles. The fourth-order valence-electron chi connectivity index (χ4n) is 4.66. The molecule has 0 spiro atoms. The maximum atomic E-state index is 9.84. The maximum absolute atomic E-state index is 9.84. The van der Waals surface area contributed by atoms with Gasteiger partial charge < -0.3 is 10.4 Å². The van der Waals surface area contributed by atoms with Crippen molar-refractivity contribution in [3.05, 3.63) is 0 Å². The highest BCUT2D eigenvalue weighted by Gasteiger charge is 2.42. The van der Waals surface area contributed by atoms with Crippen LogP contribution in [0, 0.1) is 0 Å². The first-order valence-corrected chi connectivity index (χ1v) is 9.10. The van der Waals surface area contributed by atoms with Crippen molar-refractivity contribution in [3.8, 4) is 0 Å². The average Bonchev–Trinajstić information content (AvgIpc) is 3.23. The number of nitrogens with one attached hydrogen (secondary N) is 1. The lowest BCUT2D eigenvalue weighted by Crippen LogP contribution is -2.48. The van der Waals surface area contributed by atoms with Crippen LogP contribution < -0.4 is 5.32 Å². The Hall–Kier alpha value is -0.160. The molecule has 122 valence electrons. The molecular formula is C17H33N3O. The number of nitrogens with zero attached hydrogens (tertiary/aromatic N) is 2. The Kier molecular flexibility index (Phi) is 5.20. The molecular weight excluding hydrogens is 262 g/mol. The minimum Gasteiger partial charge on any atom is -0.394 e. The van der Waals surface area contributed by atoms with Crippen molar-refractivity contribution in [1.29, 1.82) is 0 Å². The largest absolute Gasteiger partial charge is 0.394 e. The summed E-state index contributed by atoms with van der Waals surface area (Å²) in [6.45, 7) is 8.70. The molecule has 2 heterocycles. The van der Waals surface area contributed by atoms with Crippen molar-refractivity contribution in [1.82, 2.24) is 15.1 Å². The van der Waals surface area contributed by atoms with Gasteiger partial charge in [0.25, 0.3) is 0 Å². The third kappa shape index (κ3) is 3.44. The molecule has 2 saturated heterocycles.